The van der Waals surface area contributed by atoms with E-state index in [2.05, 4.69) is 10.3 Å². The maximum Gasteiger partial charge on any atom is 0.326 e. The zero-order valence-corrected chi connectivity index (χ0v) is 15.1. The number of amides is 1. The molecule has 2 N–H and O–H groups in total. The van der Waals surface area contributed by atoms with Gasteiger partial charge in [0.2, 0.25) is 0 Å². The Morgan fingerprint density at radius 3 is 2.76 bits per heavy atom. The number of aryl methyl sites for hydroxylation is 1. The van der Waals surface area contributed by atoms with Gasteiger partial charge in [-0.2, -0.15) is 0 Å². The summed E-state index contributed by atoms with van der Waals surface area (Å²) in [7, 11) is 0. The SMILES string of the molecule is CCCCC(NC(=O)c1ccccc1OCc1csc(C)n1)C(=O)O. The lowest BCUT2D eigenvalue weighted by atomic mass is 10.1. The number of carboxylic acid groups (broad SMARTS) is 1. The van der Waals surface area contributed by atoms with E-state index in [-0.39, 0.29) is 6.61 Å². The molecule has 0 radical (unpaired) electrons. The first-order chi connectivity index (χ1) is 12.0. The van der Waals surface area contributed by atoms with Crippen LogP contribution in [0.3, 0.4) is 0 Å². The smallest absolute Gasteiger partial charge is 0.326 e. The van der Waals surface area contributed by atoms with Gasteiger partial charge in [-0.3, -0.25) is 4.79 Å². The number of para-hydroxylation sites is 1. The van der Waals surface area contributed by atoms with Gasteiger partial charge in [0.15, 0.2) is 0 Å². The standard InChI is InChI=1S/C18H22N2O4S/c1-3-4-8-15(18(22)23)20-17(21)14-7-5-6-9-16(14)24-10-13-11-25-12(2)19-13/h5-7,9,11,15H,3-4,8,10H2,1-2H3,(H,20,21)(H,22,23). The topological polar surface area (TPSA) is 88.5 Å². The van der Waals surface area contributed by atoms with Gasteiger partial charge in [-0.05, 0) is 25.5 Å². The van der Waals surface area contributed by atoms with Crippen molar-refractivity contribution >= 4 is 23.2 Å². The Hall–Kier alpha value is -2.41. The molecule has 134 valence electrons. The number of unbranched alkanes of at least 4 members (excludes halogenated alkanes) is 1. The van der Waals surface area contributed by atoms with Crippen molar-refractivity contribution in [3.63, 3.8) is 0 Å². The zero-order valence-electron chi connectivity index (χ0n) is 14.3. The lowest BCUT2D eigenvalue weighted by molar-refractivity contribution is -0.139. The molecule has 0 fully saturated rings. The minimum absolute atomic E-state index is 0.257. The van der Waals surface area contributed by atoms with Gasteiger partial charge in [0.05, 0.1) is 16.3 Å². The summed E-state index contributed by atoms with van der Waals surface area (Å²) < 4.78 is 5.72. The van der Waals surface area contributed by atoms with E-state index in [1.54, 1.807) is 24.3 Å². The molecular formula is C18H22N2O4S. The van der Waals surface area contributed by atoms with Crippen molar-refractivity contribution < 1.29 is 19.4 Å². The second-order valence-corrected chi connectivity index (χ2v) is 6.71. The third-order valence-electron chi connectivity index (χ3n) is 3.62. The van der Waals surface area contributed by atoms with Crippen molar-refractivity contribution in [2.75, 3.05) is 0 Å². The third-order valence-corrected chi connectivity index (χ3v) is 4.45. The number of hydrogen-bond acceptors (Lipinski definition) is 5. The monoisotopic (exact) mass is 362 g/mol. The summed E-state index contributed by atoms with van der Waals surface area (Å²) in [6, 6.07) is 5.90. The Morgan fingerprint density at radius 2 is 2.12 bits per heavy atom. The van der Waals surface area contributed by atoms with E-state index in [1.807, 2.05) is 19.2 Å². The maximum atomic E-state index is 12.5. The van der Waals surface area contributed by atoms with E-state index >= 15 is 0 Å². The van der Waals surface area contributed by atoms with Crippen LogP contribution in [0.2, 0.25) is 0 Å². The summed E-state index contributed by atoms with van der Waals surface area (Å²) >= 11 is 1.53. The largest absolute Gasteiger partial charge is 0.486 e. The molecule has 1 amide bonds. The number of carboxylic acids is 1. The molecule has 1 unspecified atom stereocenters. The minimum atomic E-state index is -1.03. The first-order valence-electron chi connectivity index (χ1n) is 8.17. The summed E-state index contributed by atoms with van der Waals surface area (Å²) in [4.78, 5) is 28.1. The van der Waals surface area contributed by atoms with Crippen LogP contribution >= 0.6 is 11.3 Å². The molecule has 6 nitrogen and oxygen atoms in total. The number of ether oxygens (including phenoxy) is 1. The predicted octanol–water partition coefficient (Wildman–Crippen LogP) is 3.40. The average molecular weight is 362 g/mol. The maximum absolute atomic E-state index is 12.5. The highest BCUT2D eigenvalue weighted by Gasteiger charge is 2.22. The number of hydrogen-bond donors (Lipinski definition) is 2. The molecule has 0 aliphatic rings. The fourth-order valence-electron chi connectivity index (χ4n) is 2.31. The van der Waals surface area contributed by atoms with Gasteiger partial charge in [-0.15, -0.1) is 11.3 Å². The van der Waals surface area contributed by atoms with Crippen molar-refractivity contribution in [1.82, 2.24) is 10.3 Å². The van der Waals surface area contributed by atoms with Crippen LogP contribution < -0.4 is 10.1 Å². The van der Waals surface area contributed by atoms with E-state index in [0.29, 0.717) is 17.7 Å². The number of nitrogens with zero attached hydrogens (tertiary/aromatic N) is 1. The quantitative estimate of drug-likeness (QED) is 0.714. The first-order valence-corrected chi connectivity index (χ1v) is 9.05. The number of rotatable bonds is 9. The second kappa shape index (κ2) is 9.17. The van der Waals surface area contributed by atoms with Gasteiger partial charge in [0.25, 0.3) is 5.91 Å². The lowest BCUT2D eigenvalue weighted by Gasteiger charge is -2.16. The molecule has 0 spiro atoms. The van der Waals surface area contributed by atoms with Crippen LogP contribution in [0.1, 0.15) is 47.2 Å². The van der Waals surface area contributed by atoms with E-state index in [9.17, 15) is 14.7 Å². The normalized spacial score (nSPS) is 11.8. The Labute approximate surface area is 150 Å². The molecule has 2 rings (SSSR count). The Morgan fingerprint density at radius 1 is 1.36 bits per heavy atom. The number of aliphatic carboxylic acids is 1. The molecule has 7 heteroatoms. The molecule has 1 aromatic carbocycles. The fraction of sp³-hybridized carbons (Fsp3) is 0.389. The lowest BCUT2D eigenvalue weighted by Crippen LogP contribution is -2.40. The minimum Gasteiger partial charge on any atom is -0.486 e. The van der Waals surface area contributed by atoms with Crippen molar-refractivity contribution in [2.24, 2.45) is 0 Å². The van der Waals surface area contributed by atoms with Crippen molar-refractivity contribution in [2.45, 2.75) is 45.8 Å². The van der Waals surface area contributed by atoms with Crippen LogP contribution in [0.4, 0.5) is 0 Å². The Bertz CT molecular complexity index is 729. The summed E-state index contributed by atoms with van der Waals surface area (Å²) in [5.74, 6) is -1.07. The highest BCUT2D eigenvalue weighted by molar-refractivity contribution is 7.09. The fourth-order valence-corrected chi connectivity index (χ4v) is 2.91. The summed E-state index contributed by atoms with van der Waals surface area (Å²) in [6.45, 7) is 4.15. The van der Waals surface area contributed by atoms with Gasteiger partial charge < -0.3 is 15.2 Å². The number of benzene rings is 1. The average Bonchev–Trinajstić information content (AvgIpc) is 3.02. The second-order valence-electron chi connectivity index (χ2n) is 5.65. The van der Waals surface area contributed by atoms with Gasteiger partial charge in [0, 0.05) is 5.38 Å². The molecule has 1 heterocycles. The number of nitrogens with one attached hydrogen (secondary N) is 1. The van der Waals surface area contributed by atoms with Crippen LogP contribution in [-0.2, 0) is 11.4 Å². The number of carbonyl (C=O) groups excluding carboxylic acids is 1. The summed E-state index contributed by atoms with van der Waals surface area (Å²) in [5, 5.41) is 14.7. The molecule has 1 aromatic heterocycles. The molecule has 1 atom stereocenters. The van der Waals surface area contributed by atoms with Crippen LogP contribution in [0, 0.1) is 6.92 Å². The van der Waals surface area contributed by atoms with Crippen LogP contribution in [-0.4, -0.2) is 28.0 Å². The molecule has 0 aliphatic carbocycles. The molecule has 0 aliphatic heterocycles. The first kappa shape index (κ1) is 18.9. The van der Waals surface area contributed by atoms with Gasteiger partial charge in [-0.1, -0.05) is 31.9 Å². The van der Waals surface area contributed by atoms with E-state index in [0.717, 1.165) is 23.5 Å². The van der Waals surface area contributed by atoms with Gasteiger partial charge in [0.1, 0.15) is 18.4 Å². The van der Waals surface area contributed by atoms with Crippen molar-refractivity contribution in [1.29, 1.82) is 0 Å². The molecular weight excluding hydrogens is 340 g/mol. The van der Waals surface area contributed by atoms with Gasteiger partial charge in [-0.25, -0.2) is 9.78 Å². The Balaban J connectivity index is 2.07. The van der Waals surface area contributed by atoms with Crippen molar-refractivity contribution in [3.8, 4) is 5.75 Å². The predicted molar refractivity (Wildman–Crippen MR) is 96.0 cm³/mol. The highest BCUT2D eigenvalue weighted by atomic mass is 32.1. The summed E-state index contributed by atoms with van der Waals surface area (Å²) in [5.41, 5.74) is 1.11. The molecule has 2 aromatic rings. The van der Waals surface area contributed by atoms with Crippen LogP contribution in [0.5, 0.6) is 5.75 Å². The van der Waals surface area contributed by atoms with E-state index < -0.39 is 17.9 Å². The van der Waals surface area contributed by atoms with E-state index in [1.165, 1.54) is 11.3 Å². The molecule has 25 heavy (non-hydrogen) atoms. The Kier molecular flexibility index (Phi) is 6.94. The van der Waals surface area contributed by atoms with Crippen LogP contribution in [0.15, 0.2) is 29.6 Å². The molecule has 0 saturated carbocycles. The molecule has 0 bridgehead atoms. The third kappa shape index (κ3) is 5.56. The summed E-state index contributed by atoms with van der Waals surface area (Å²) in [6.07, 6.45) is 2.00. The van der Waals surface area contributed by atoms with Crippen molar-refractivity contribution in [3.05, 3.63) is 45.9 Å². The van der Waals surface area contributed by atoms with Crippen LogP contribution in [0.25, 0.3) is 0 Å². The number of thiazole rings is 1. The zero-order chi connectivity index (χ0) is 18.2. The van der Waals surface area contributed by atoms with E-state index in [4.69, 9.17) is 4.74 Å². The molecule has 0 saturated heterocycles. The highest BCUT2D eigenvalue weighted by Crippen LogP contribution is 2.20. The van der Waals surface area contributed by atoms with Gasteiger partial charge >= 0.3 is 5.97 Å². The number of aromatic nitrogens is 1. The number of carbonyl (C=O) groups is 2.